The van der Waals surface area contributed by atoms with Gasteiger partial charge in [0.1, 0.15) is 12.6 Å². The number of nitrogens with zero attached hydrogens (tertiary/aromatic N) is 3. The maximum Gasteiger partial charge on any atom is 0.269 e. The van der Waals surface area contributed by atoms with Crippen molar-refractivity contribution in [1.29, 1.82) is 0 Å². The van der Waals surface area contributed by atoms with Crippen LogP contribution in [0, 0.1) is 10.1 Å². The van der Waals surface area contributed by atoms with Crippen LogP contribution in [0.25, 0.3) is 10.9 Å². The molecule has 38 heavy (non-hydrogen) atoms. The Bertz CT molecular complexity index is 1460. The van der Waals surface area contributed by atoms with E-state index in [2.05, 4.69) is 38.0 Å². The largest absolute Gasteiger partial charge is 0.356 e. The van der Waals surface area contributed by atoms with E-state index in [-0.39, 0.29) is 41.2 Å². The molecule has 0 bridgehead atoms. The van der Waals surface area contributed by atoms with Gasteiger partial charge in [-0.1, -0.05) is 30.3 Å². The molecule has 6 rings (SSSR count). The van der Waals surface area contributed by atoms with Gasteiger partial charge in [0.25, 0.3) is 5.69 Å². The van der Waals surface area contributed by atoms with E-state index in [1.807, 2.05) is 24.3 Å². The van der Waals surface area contributed by atoms with Gasteiger partial charge < -0.3 is 20.1 Å². The van der Waals surface area contributed by atoms with E-state index in [1.165, 1.54) is 12.1 Å². The minimum atomic E-state index is -0.673. The van der Waals surface area contributed by atoms with Crippen LogP contribution in [-0.2, 0) is 16.0 Å². The zero-order valence-corrected chi connectivity index (χ0v) is 22.2. The molecule has 9 heteroatoms. The number of carbonyl (C=O) groups is 2. The van der Waals surface area contributed by atoms with Crippen molar-refractivity contribution in [3.05, 3.63) is 75.5 Å². The molecule has 2 atom stereocenters. The van der Waals surface area contributed by atoms with E-state index >= 15 is 0 Å². The van der Waals surface area contributed by atoms with Gasteiger partial charge in [-0.05, 0) is 57.7 Å². The summed E-state index contributed by atoms with van der Waals surface area (Å²) in [5.41, 5.74) is 2.97. The smallest absolute Gasteiger partial charge is 0.269 e. The Labute approximate surface area is 221 Å². The highest BCUT2D eigenvalue weighted by Gasteiger charge is 2.51. The number of fused-ring (bicyclic) bond motifs is 4. The number of aromatic amines is 1. The van der Waals surface area contributed by atoms with Crippen molar-refractivity contribution in [3.63, 3.8) is 0 Å². The number of nitrogens with one attached hydrogen (secondary N) is 2. The highest BCUT2D eigenvalue weighted by Crippen LogP contribution is 2.44. The molecule has 3 aliphatic rings. The van der Waals surface area contributed by atoms with Crippen LogP contribution >= 0.6 is 0 Å². The fraction of sp³-hybridized carbons (Fsp3) is 0.448. The first kappa shape index (κ1) is 24.6. The normalized spacial score (nSPS) is 24.8. The lowest BCUT2D eigenvalue weighted by atomic mass is 9.78. The van der Waals surface area contributed by atoms with E-state index in [1.54, 1.807) is 21.9 Å². The monoisotopic (exact) mass is 515 g/mol. The lowest BCUT2D eigenvalue weighted by Crippen LogP contribution is -2.69. The summed E-state index contributed by atoms with van der Waals surface area (Å²) in [7, 11) is 0. The van der Waals surface area contributed by atoms with Gasteiger partial charge in [-0.25, -0.2) is 0 Å². The molecular formula is C29H33N5O4. The Morgan fingerprint density at radius 3 is 2.42 bits per heavy atom. The molecule has 0 radical (unpaired) electrons. The molecule has 0 aliphatic carbocycles. The SMILES string of the molecule is CC1(C)CC(N2CC(=O)N3C(Cc4c([nH]c5ccccc45)C3c3cccc([N+](=O)[O-])c3)C2=O)CC(C)(C)N1. The summed E-state index contributed by atoms with van der Waals surface area (Å²) in [6.07, 6.45) is 1.92. The lowest BCUT2D eigenvalue weighted by molar-refractivity contribution is -0.384. The number of piperidine rings is 1. The molecule has 0 saturated carbocycles. The Morgan fingerprint density at radius 1 is 1.00 bits per heavy atom. The number of rotatable bonds is 3. The second-order valence-electron chi connectivity index (χ2n) is 12.3. The predicted octanol–water partition coefficient (Wildman–Crippen LogP) is 4.07. The number of hydrogen-bond donors (Lipinski definition) is 2. The Balaban J connectivity index is 1.46. The number of non-ortho nitro benzene ring substituents is 1. The van der Waals surface area contributed by atoms with E-state index in [4.69, 9.17) is 0 Å². The molecule has 3 aromatic rings. The summed E-state index contributed by atoms with van der Waals surface area (Å²) < 4.78 is 0. The molecular weight excluding hydrogens is 482 g/mol. The Morgan fingerprint density at radius 2 is 1.71 bits per heavy atom. The quantitative estimate of drug-likeness (QED) is 0.404. The number of hydrogen-bond acceptors (Lipinski definition) is 5. The first-order valence-corrected chi connectivity index (χ1v) is 13.2. The maximum absolute atomic E-state index is 14.2. The Hall–Kier alpha value is -3.72. The molecule has 3 aliphatic heterocycles. The molecule has 1 aromatic heterocycles. The van der Waals surface area contributed by atoms with Crippen molar-refractivity contribution in [1.82, 2.24) is 20.1 Å². The highest BCUT2D eigenvalue weighted by atomic mass is 16.6. The summed E-state index contributed by atoms with van der Waals surface area (Å²) in [6.45, 7) is 8.57. The average Bonchev–Trinajstić information content (AvgIpc) is 3.21. The van der Waals surface area contributed by atoms with Crippen molar-refractivity contribution in [3.8, 4) is 0 Å². The summed E-state index contributed by atoms with van der Waals surface area (Å²) in [4.78, 5) is 46.3. The third-order valence-electron chi connectivity index (χ3n) is 8.30. The van der Waals surface area contributed by atoms with Gasteiger partial charge in [0.2, 0.25) is 11.8 Å². The zero-order chi connectivity index (χ0) is 27.0. The summed E-state index contributed by atoms with van der Waals surface area (Å²) in [6, 6.07) is 13.0. The van der Waals surface area contributed by atoms with Gasteiger partial charge in [-0.3, -0.25) is 19.7 Å². The van der Waals surface area contributed by atoms with Crippen LogP contribution in [0.3, 0.4) is 0 Å². The van der Waals surface area contributed by atoms with Crippen molar-refractivity contribution in [2.45, 2.75) is 76.2 Å². The van der Waals surface area contributed by atoms with Gasteiger partial charge in [-0.2, -0.15) is 0 Å². The third kappa shape index (κ3) is 3.96. The molecule has 2 unspecified atom stereocenters. The van der Waals surface area contributed by atoms with E-state index < -0.39 is 17.0 Å². The third-order valence-corrected chi connectivity index (χ3v) is 8.30. The number of amides is 2. The summed E-state index contributed by atoms with van der Waals surface area (Å²) in [5.74, 6) is -0.181. The van der Waals surface area contributed by atoms with E-state index in [0.29, 0.717) is 12.0 Å². The standard InChI is InChI=1S/C29H33N5O4/c1-28(2)14-19(15-29(3,4)31-28)32-16-24(35)33-23(27(32)36)13-21-20-10-5-6-11-22(20)30-25(21)26(33)17-8-7-9-18(12-17)34(37)38/h5-12,19,23,26,30-31H,13-16H2,1-4H3. The van der Waals surface area contributed by atoms with Crippen LogP contribution in [0.2, 0.25) is 0 Å². The molecule has 2 N–H and O–H groups in total. The molecule has 2 amide bonds. The number of aromatic nitrogens is 1. The first-order valence-electron chi connectivity index (χ1n) is 13.2. The number of nitro groups is 1. The molecule has 2 aromatic carbocycles. The molecule has 0 spiro atoms. The first-order chi connectivity index (χ1) is 17.9. The van der Waals surface area contributed by atoms with Gasteiger partial charge in [0.15, 0.2) is 0 Å². The number of piperazine rings is 1. The van der Waals surface area contributed by atoms with E-state index in [0.717, 1.165) is 35.0 Å². The number of carbonyl (C=O) groups excluding carboxylic acids is 2. The van der Waals surface area contributed by atoms with Crippen LogP contribution in [0.1, 0.15) is 63.4 Å². The van der Waals surface area contributed by atoms with Crippen molar-refractivity contribution >= 4 is 28.4 Å². The van der Waals surface area contributed by atoms with Gasteiger partial charge in [0.05, 0.1) is 11.0 Å². The predicted molar refractivity (Wildman–Crippen MR) is 144 cm³/mol. The fourth-order valence-corrected chi connectivity index (χ4v) is 7.24. The number of H-pyrrole nitrogens is 1. The zero-order valence-electron chi connectivity index (χ0n) is 22.2. The van der Waals surface area contributed by atoms with E-state index in [9.17, 15) is 19.7 Å². The van der Waals surface area contributed by atoms with Gasteiger partial charge in [0, 0.05) is 52.3 Å². The average molecular weight is 516 g/mol. The van der Waals surface area contributed by atoms with Crippen LogP contribution in [0.4, 0.5) is 5.69 Å². The van der Waals surface area contributed by atoms with Crippen LogP contribution < -0.4 is 5.32 Å². The molecule has 4 heterocycles. The summed E-state index contributed by atoms with van der Waals surface area (Å²) >= 11 is 0. The molecule has 198 valence electrons. The van der Waals surface area contributed by atoms with Crippen molar-refractivity contribution < 1.29 is 14.5 Å². The topological polar surface area (TPSA) is 112 Å². The molecule has 2 saturated heterocycles. The van der Waals surface area contributed by atoms with Crippen molar-refractivity contribution in [2.75, 3.05) is 6.54 Å². The highest BCUT2D eigenvalue weighted by molar-refractivity contribution is 5.98. The minimum absolute atomic E-state index is 0.00709. The maximum atomic E-state index is 14.2. The van der Waals surface area contributed by atoms with Crippen molar-refractivity contribution in [2.24, 2.45) is 0 Å². The number of nitro benzene ring substituents is 1. The number of benzene rings is 2. The summed E-state index contributed by atoms with van der Waals surface area (Å²) in [5, 5.41) is 16.3. The Kier molecular flexibility index (Phi) is 5.43. The molecule has 9 nitrogen and oxygen atoms in total. The van der Waals surface area contributed by atoms with Crippen LogP contribution in [-0.4, -0.2) is 61.2 Å². The van der Waals surface area contributed by atoms with Crippen LogP contribution in [0.15, 0.2) is 48.5 Å². The second-order valence-corrected chi connectivity index (χ2v) is 12.3. The lowest BCUT2D eigenvalue weighted by Gasteiger charge is -2.53. The number of para-hydroxylation sites is 1. The fourth-order valence-electron chi connectivity index (χ4n) is 7.24. The van der Waals surface area contributed by atoms with Gasteiger partial charge >= 0.3 is 0 Å². The van der Waals surface area contributed by atoms with Crippen LogP contribution in [0.5, 0.6) is 0 Å². The van der Waals surface area contributed by atoms with Gasteiger partial charge in [-0.15, -0.1) is 0 Å². The second kappa shape index (κ2) is 8.39. The molecule has 2 fully saturated rings. The minimum Gasteiger partial charge on any atom is -0.356 e.